The zero-order valence-corrected chi connectivity index (χ0v) is 29.8. The first-order valence-corrected chi connectivity index (χ1v) is 16.3. The number of nitrogens with two attached hydrogens (primary N) is 1. The summed E-state index contributed by atoms with van der Waals surface area (Å²) in [6.07, 6.45) is -5.58. The van der Waals surface area contributed by atoms with Gasteiger partial charge < -0.3 is 42.4 Å². The van der Waals surface area contributed by atoms with Gasteiger partial charge in [0.1, 0.15) is 33.9 Å². The van der Waals surface area contributed by atoms with E-state index < -0.39 is 71.6 Å². The average Bonchev–Trinajstić information content (AvgIpc) is 3.79. The number of esters is 2. The van der Waals surface area contributed by atoms with Crippen LogP contribution >= 0.6 is 11.3 Å². The highest BCUT2D eigenvalue weighted by molar-refractivity contribution is 7.10. The molecule has 0 aliphatic carbocycles. The molecule has 7 N–H and O–H groups in total. The van der Waals surface area contributed by atoms with Gasteiger partial charge in [0.25, 0.3) is 6.34 Å². The van der Waals surface area contributed by atoms with E-state index in [0.717, 1.165) is 35.9 Å². The Morgan fingerprint density at radius 3 is 2.48 bits per heavy atom. The van der Waals surface area contributed by atoms with Crippen molar-refractivity contribution < 1.29 is 78.0 Å². The lowest BCUT2D eigenvalue weighted by atomic mass is 9.74. The molecule has 2 unspecified atom stereocenters. The summed E-state index contributed by atoms with van der Waals surface area (Å²) in [5, 5.41) is 33.5. The lowest BCUT2D eigenvalue weighted by molar-refractivity contribution is -0.618. The summed E-state index contributed by atoms with van der Waals surface area (Å²) in [5.41, 5.74) is 7.08. The molecule has 3 aromatic carbocycles. The van der Waals surface area contributed by atoms with E-state index in [1.807, 2.05) is 6.07 Å². The first kappa shape index (κ1) is 41.4. The van der Waals surface area contributed by atoms with Gasteiger partial charge in [-0.2, -0.15) is 23.9 Å². The SMILES string of the molecule is N#Cc1ccccc1-c1csc(C(C2(OC(=O)C(F)(F)F)NNC=[NH+]2)[C@](O)(CCCc2ccc(OC(=O)CN)cc2C(=O)O)c2ccc(F)cc2F)n1.[Br-]. The number of nitrogens with one attached hydrogen (secondary N) is 3. The van der Waals surface area contributed by atoms with Gasteiger partial charge in [-0.25, -0.2) is 28.3 Å². The predicted molar refractivity (Wildman–Crippen MR) is 174 cm³/mol. The van der Waals surface area contributed by atoms with Gasteiger partial charge >= 0.3 is 29.9 Å². The Kier molecular flexibility index (Phi) is 12.9. The van der Waals surface area contributed by atoms with Gasteiger partial charge in [-0.3, -0.25) is 4.79 Å². The van der Waals surface area contributed by atoms with E-state index in [1.165, 1.54) is 23.6 Å². The maximum atomic E-state index is 15.8. The number of hydrogen-bond donors (Lipinski definition) is 6. The van der Waals surface area contributed by atoms with Crippen molar-refractivity contribution in [3.8, 4) is 23.1 Å². The van der Waals surface area contributed by atoms with Gasteiger partial charge in [-0.15, -0.1) is 11.3 Å². The van der Waals surface area contributed by atoms with Gasteiger partial charge in [0.15, 0.2) is 0 Å². The Balaban J connectivity index is 0.00000650. The zero-order chi connectivity index (χ0) is 38.6. The van der Waals surface area contributed by atoms with Crippen LogP contribution < -0.4 is 43.3 Å². The van der Waals surface area contributed by atoms with E-state index in [0.29, 0.717) is 11.6 Å². The number of benzene rings is 3. The Morgan fingerprint density at radius 1 is 1.11 bits per heavy atom. The molecular weight excluding hydrogens is 811 g/mol. The normalized spacial score (nSPS) is 16.6. The van der Waals surface area contributed by atoms with E-state index in [4.69, 9.17) is 15.2 Å². The van der Waals surface area contributed by atoms with Gasteiger partial charge in [0, 0.05) is 22.6 Å². The number of aromatic carboxylic acids is 1. The summed E-state index contributed by atoms with van der Waals surface area (Å²) >= 11 is 0.767. The number of aryl methyl sites for hydroxylation is 1. The van der Waals surface area contributed by atoms with Crippen molar-refractivity contribution in [3.05, 3.63) is 105 Å². The van der Waals surface area contributed by atoms with Crippen LogP contribution in [0.2, 0.25) is 0 Å². The van der Waals surface area contributed by atoms with Gasteiger partial charge in [-0.05, 0) is 49.1 Å². The Bertz CT molecular complexity index is 2130. The number of aliphatic hydroxyl groups is 1. The topological polar surface area (TPSA) is 211 Å². The molecule has 1 aromatic heterocycles. The van der Waals surface area contributed by atoms with Crippen LogP contribution in [0.5, 0.6) is 5.75 Å². The third-order valence-electron chi connectivity index (χ3n) is 8.19. The first-order valence-electron chi connectivity index (χ1n) is 15.4. The van der Waals surface area contributed by atoms with Gasteiger partial charge in [0.05, 0.1) is 29.4 Å². The van der Waals surface area contributed by atoms with E-state index in [1.54, 1.807) is 18.2 Å². The van der Waals surface area contributed by atoms with Crippen molar-refractivity contribution in [1.82, 2.24) is 15.8 Å². The summed E-state index contributed by atoms with van der Waals surface area (Å²) in [4.78, 5) is 43.2. The Morgan fingerprint density at radius 2 is 1.85 bits per heavy atom. The number of alkyl halides is 3. The molecule has 0 saturated carbocycles. The van der Waals surface area contributed by atoms with Crippen molar-refractivity contribution in [3.63, 3.8) is 0 Å². The van der Waals surface area contributed by atoms with Crippen LogP contribution in [0.25, 0.3) is 11.3 Å². The molecule has 5 rings (SSSR count). The van der Waals surface area contributed by atoms with Crippen molar-refractivity contribution in [2.75, 3.05) is 6.54 Å². The molecule has 0 spiro atoms. The van der Waals surface area contributed by atoms with E-state index >= 15 is 4.39 Å². The minimum atomic E-state index is -5.56. The maximum absolute atomic E-state index is 15.8. The fourth-order valence-electron chi connectivity index (χ4n) is 5.89. The molecule has 0 saturated heterocycles. The zero-order valence-electron chi connectivity index (χ0n) is 27.4. The lowest BCUT2D eigenvalue weighted by Gasteiger charge is -2.41. The smallest absolute Gasteiger partial charge is 0.491 e. The number of ether oxygens (including phenoxy) is 2. The quantitative estimate of drug-likeness (QED) is 0.0572. The lowest BCUT2D eigenvalue weighted by Crippen LogP contribution is -3.00. The highest BCUT2D eigenvalue weighted by Gasteiger charge is 2.63. The maximum Gasteiger partial charge on any atom is 0.491 e. The number of nitrogens with zero attached hydrogens (tertiary/aromatic N) is 2. The number of carbonyl (C=O) groups excluding carboxylic acids is 2. The second kappa shape index (κ2) is 16.8. The third kappa shape index (κ3) is 8.72. The molecule has 20 heteroatoms. The second-order valence-corrected chi connectivity index (χ2v) is 12.4. The number of carbonyl (C=O) groups is 3. The molecule has 2 heterocycles. The van der Waals surface area contributed by atoms with Crippen molar-refractivity contribution in [2.45, 2.75) is 42.8 Å². The summed E-state index contributed by atoms with van der Waals surface area (Å²) in [6.45, 7) is -0.480. The molecular formula is C34H28BrF5N6O7S. The fourth-order valence-corrected chi connectivity index (χ4v) is 6.95. The van der Waals surface area contributed by atoms with Crippen LogP contribution in [-0.4, -0.2) is 58.0 Å². The number of halogens is 6. The predicted octanol–water partition coefficient (Wildman–Crippen LogP) is -0.503. The van der Waals surface area contributed by atoms with Gasteiger partial charge in [-0.1, -0.05) is 35.8 Å². The van der Waals surface area contributed by atoms with Crippen molar-refractivity contribution in [1.29, 1.82) is 5.26 Å². The Hall–Kier alpha value is -5.33. The number of carboxylic acids is 1. The number of hydrogen-bond acceptors (Lipinski definition) is 12. The molecule has 54 heavy (non-hydrogen) atoms. The van der Waals surface area contributed by atoms with Crippen LogP contribution in [0.3, 0.4) is 0 Å². The summed E-state index contributed by atoms with van der Waals surface area (Å²) in [6, 6.07) is 14.0. The molecule has 0 fully saturated rings. The molecule has 0 amide bonds. The standard InChI is InChI=1S/C34H27F5N6O7S.BrH/c35-20-8-10-24(25(36)12-20)32(50,11-3-5-18-7-9-21(51-27(46)15-41)13-23(18)30(47)48)28(34(42-17-43-45-34)52-31(49)33(37,38)39)29-44-26(16-53-29)22-6-2-1-4-19(22)14-40;/h1-2,4,6-10,12-13,16-17,28,45,50H,3,5,11,15,41H2,(H,42,43)(H,47,48);1H/t28?,32-,34?;/m0./s1. The number of nitriles is 1. The molecule has 4 aromatic rings. The number of carboxylic acid groups (broad SMARTS) is 1. The average molecular weight is 840 g/mol. The minimum absolute atomic E-state index is 0. The number of rotatable bonds is 13. The Labute approximate surface area is 317 Å². The van der Waals surface area contributed by atoms with Crippen molar-refractivity contribution in [2.24, 2.45) is 5.73 Å². The van der Waals surface area contributed by atoms with Crippen molar-refractivity contribution >= 4 is 35.6 Å². The fraction of sp³-hybridized carbons (Fsp3) is 0.235. The molecule has 1 aliphatic heterocycles. The third-order valence-corrected chi connectivity index (χ3v) is 9.10. The number of hydrazine groups is 1. The summed E-state index contributed by atoms with van der Waals surface area (Å²) < 4.78 is 81.3. The molecule has 13 nitrogen and oxygen atoms in total. The summed E-state index contributed by atoms with van der Waals surface area (Å²) in [7, 11) is 0. The van der Waals surface area contributed by atoms with Crippen LogP contribution in [0, 0.1) is 23.0 Å². The largest absolute Gasteiger partial charge is 1.00 e. The van der Waals surface area contributed by atoms with Crippen LogP contribution in [0.4, 0.5) is 22.0 Å². The first-order chi connectivity index (χ1) is 25.1. The van der Waals surface area contributed by atoms with Gasteiger partial charge in [0.2, 0.25) is 0 Å². The summed E-state index contributed by atoms with van der Waals surface area (Å²) in [5.74, 6) is -12.2. The van der Waals surface area contributed by atoms with Crippen LogP contribution in [0.1, 0.15) is 50.8 Å². The molecule has 284 valence electrons. The minimum Gasteiger partial charge on any atom is -1.00 e. The van der Waals surface area contributed by atoms with E-state index in [2.05, 4.69) is 20.8 Å². The highest BCUT2D eigenvalue weighted by atomic mass is 79.9. The molecule has 3 atom stereocenters. The monoisotopic (exact) mass is 838 g/mol. The highest BCUT2D eigenvalue weighted by Crippen LogP contribution is 2.48. The van der Waals surface area contributed by atoms with Crippen LogP contribution in [-0.2, 0) is 26.3 Å². The molecule has 1 aliphatic rings. The van der Waals surface area contributed by atoms with Crippen LogP contribution in [0.15, 0.2) is 66.0 Å². The number of thiazole rings is 1. The molecule has 0 bridgehead atoms. The van der Waals surface area contributed by atoms with E-state index in [9.17, 15) is 47.4 Å². The molecule has 0 radical (unpaired) electrons. The number of aromatic nitrogens is 1. The van der Waals surface area contributed by atoms with E-state index in [-0.39, 0.29) is 63.0 Å². The second-order valence-electron chi connectivity index (χ2n) is 11.5.